The molecule has 0 radical (unpaired) electrons. The van der Waals surface area contributed by atoms with Crippen molar-refractivity contribution in [2.24, 2.45) is 5.92 Å². The van der Waals surface area contributed by atoms with E-state index in [4.69, 9.17) is 0 Å². The second-order valence-corrected chi connectivity index (χ2v) is 10.4. The third-order valence-corrected chi connectivity index (χ3v) is 7.36. The van der Waals surface area contributed by atoms with Crippen LogP contribution in [0.5, 0.6) is 0 Å². The molecule has 0 spiro atoms. The molecule has 2 heterocycles. The molecule has 5 nitrogen and oxygen atoms in total. The number of likely N-dealkylation sites (tertiary alicyclic amines) is 1. The molecule has 1 amide bonds. The molecule has 2 aliphatic rings. The smallest absolute Gasteiger partial charge is 0.236 e. The van der Waals surface area contributed by atoms with Crippen LogP contribution < -0.4 is 0 Å². The van der Waals surface area contributed by atoms with Crippen LogP contribution in [-0.4, -0.2) is 66.7 Å². The number of hydrogen-bond acceptors (Lipinski definition) is 4. The van der Waals surface area contributed by atoms with Crippen LogP contribution in [-0.2, 0) is 24.3 Å². The van der Waals surface area contributed by atoms with Crippen LogP contribution in [0.3, 0.4) is 0 Å². The molecular weight excluding hydrogens is 512 g/mol. The first-order valence-corrected chi connectivity index (χ1v) is 12.9. The normalized spacial score (nSPS) is 16.4. The fourth-order valence-electron chi connectivity index (χ4n) is 5.31. The average molecular weight is 553 g/mol. The molecule has 0 saturated carbocycles. The third-order valence-electron chi connectivity index (χ3n) is 7.36. The van der Waals surface area contributed by atoms with E-state index in [0.29, 0.717) is 18.9 Å². The van der Waals surface area contributed by atoms with Gasteiger partial charge in [-0.2, -0.15) is 0 Å². The number of carbonyl (C=O) groups is 2. The molecule has 1 saturated heterocycles. The first kappa shape index (κ1) is 31.2. The summed E-state index contributed by atoms with van der Waals surface area (Å²) in [5.41, 5.74) is 4.49. The fraction of sp³-hybridized carbons (Fsp3) is 0.517. The van der Waals surface area contributed by atoms with Crippen LogP contribution >= 0.6 is 24.8 Å². The predicted octanol–water partition coefficient (Wildman–Crippen LogP) is 5.38. The van der Waals surface area contributed by atoms with Gasteiger partial charge in [0, 0.05) is 38.2 Å². The summed E-state index contributed by atoms with van der Waals surface area (Å²) in [5, 5.41) is 0. The number of aryl methyl sites for hydroxylation is 1. The predicted molar refractivity (Wildman–Crippen MR) is 151 cm³/mol. The van der Waals surface area contributed by atoms with Crippen molar-refractivity contribution in [2.75, 3.05) is 40.3 Å². The van der Waals surface area contributed by atoms with Gasteiger partial charge < -0.3 is 9.80 Å². The molecule has 37 heavy (non-hydrogen) atoms. The molecule has 0 bridgehead atoms. The van der Waals surface area contributed by atoms with E-state index in [1.807, 2.05) is 42.1 Å². The average Bonchev–Trinajstić information content (AvgIpc) is 3.05. The van der Waals surface area contributed by atoms with E-state index in [9.17, 15) is 14.0 Å². The van der Waals surface area contributed by atoms with Crippen molar-refractivity contribution < 1.29 is 14.0 Å². The Morgan fingerprint density at radius 1 is 0.973 bits per heavy atom. The van der Waals surface area contributed by atoms with Gasteiger partial charge in [0.15, 0.2) is 5.78 Å². The second kappa shape index (κ2) is 14.8. The van der Waals surface area contributed by atoms with E-state index >= 15 is 0 Å². The maximum Gasteiger partial charge on any atom is 0.236 e. The monoisotopic (exact) mass is 551 g/mol. The van der Waals surface area contributed by atoms with Crippen LogP contribution in [0.2, 0.25) is 0 Å². The molecule has 0 N–H and O–H groups in total. The summed E-state index contributed by atoms with van der Waals surface area (Å²) >= 11 is 0. The van der Waals surface area contributed by atoms with E-state index in [0.717, 1.165) is 76.0 Å². The Kier molecular flexibility index (Phi) is 12.5. The highest BCUT2D eigenvalue weighted by Gasteiger charge is 2.24. The van der Waals surface area contributed by atoms with Crippen molar-refractivity contribution in [3.63, 3.8) is 0 Å². The lowest BCUT2D eigenvalue weighted by atomic mass is 9.89. The highest BCUT2D eigenvalue weighted by Crippen LogP contribution is 2.25. The van der Waals surface area contributed by atoms with Crippen molar-refractivity contribution in [1.29, 1.82) is 0 Å². The van der Waals surface area contributed by atoms with Gasteiger partial charge in [-0.3, -0.25) is 14.5 Å². The molecule has 0 aromatic heterocycles. The summed E-state index contributed by atoms with van der Waals surface area (Å²) in [4.78, 5) is 31.6. The molecule has 8 heteroatoms. The molecule has 4 rings (SSSR count). The minimum absolute atomic E-state index is 0. The Hall–Kier alpha value is -1.99. The van der Waals surface area contributed by atoms with Crippen LogP contribution in [0.1, 0.15) is 59.2 Å². The zero-order valence-corrected chi connectivity index (χ0v) is 23.6. The van der Waals surface area contributed by atoms with Crippen molar-refractivity contribution in [2.45, 2.75) is 51.6 Å². The first-order valence-electron chi connectivity index (χ1n) is 12.9. The van der Waals surface area contributed by atoms with Gasteiger partial charge in [0.2, 0.25) is 5.91 Å². The number of amides is 1. The minimum atomic E-state index is -0.207. The van der Waals surface area contributed by atoms with Gasteiger partial charge in [0.05, 0.1) is 6.54 Å². The van der Waals surface area contributed by atoms with Gasteiger partial charge in [-0.05, 0) is 93.6 Å². The topological polar surface area (TPSA) is 43.9 Å². The Balaban J connectivity index is 0.00000241. The fourth-order valence-corrected chi connectivity index (χ4v) is 5.31. The molecule has 0 atom stereocenters. The second-order valence-electron chi connectivity index (χ2n) is 10.4. The summed E-state index contributed by atoms with van der Waals surface area (Å²) in [6.45, 7) is 4.65. The van der Waals surface area contributed by atoms with E-state index in [-0.39, 0.29) is 42.3 Å². The quantitative estimate of drug-likeness (QED) is 0.413. The largest absolute Gasteiger partial charge is 0.342 e. The summed E-state index contributed by atoms with van der Waals surface area (Å²) in [6, 6.07) is 13.0. The van der Waals surface area contributed by atoms with Crippen LogP contribution in [0.15, 0.2) is 42.5 Å². The summed E-state index contributed by atoms with van der Waals surface area (Å²) in [5.74, 6) is 0.715. The van der Waals surface area contributed by atoms with Gasteiger partial charge in [-0.1, -0.05) is 24.3 Å². The van der Waals surface area contributed by atoms with Crippen molar-refractivity contribution in [3.05, 3.63) is 70.5 Å². The van der Waals surface area contributed by atoms with E-state index < -0.39 is 0 Å². The van der Waals surface area contributed by atoms with E-state index in [2.05, 4.69) is 17.0 Å². The van der Waals surface area contributed by atoms with Gasteiger partial charge in [0.25, 0.3) is 0 Å². The van der Waals surface area contributed by atoms with Crippen molar-refractivity contribution >= 4 is 36.5 Å². The Bertz CT molecular complexity index is 1020. The van der Waals surface area contributed by atoms with Crippen LogP contribution in [0, 0.1) is 11.7 Å². The highest BCUT2D eigenvalue weighted by molar-refractivity contribution is 5.96. The number of halogens is 3. The number of hydrogen-bond donors (Lipinski definition) is 0. The molecule has 0 unspecified atom stereocenters. The number of benzene rings is 2. The molecule has 1 fully saturated rings. The van der Waals surface area contributed by atoms with Crippen LogP contribution in [0.4, 0.5) is 4.39 Å². The Labute approximate surface area is 233 Å². The van der Waals surface area contributed by atoms with Crippen LogP contribution in [0.25, 0.3) is 0 Å². The summed E-state index contributed by atoms with van der Waals surface area (Å²) in [6.07, 6.45) is 5.52. The van der Waals surface area contributed by atoms with Crippen molar-refractivity contribution in [3.8, 4) is 0 Å². The van der Waals surface area contributed by atoms with Crippen molar-refractivity contribution in [1.82, 2.24) is 14.7 Å². The van der Waals surface area contributed by atoms with Gasteiger partial charge in [-0.15, -0.1) is 24.8 Å². The van der Waals surface area contributed by atoms with Gasteiger partial charge >= 0.3 is 0 Å². The molecule has 2 aromatic rings. The lowest BCUT2D eigenvalue weighted by molar-refractivity contribution is -0.133. The molecule has 204 valence electrons. The SMILES string of the molecule is CN(C)CC(=O)N1CCC(CCC(=O)c2ccc3c(c2)CN(Cc2ccc(F)cc2)CCC3)CC1.Cl.Cl. The number of likely N-dealkylation sites (N-methyl/N-ethyl adjacent to an activating group) is 1. The molecular formula is C29H40Cl2FN3O2. The van der Waals surface area contributed by atoms with E-state index in [1.54, 1.807) is 0 Å². The lowest BCUT2D eigenvalue weighted by Crippen LogP contribution is -2.42. The zero-order valence-electron chi connectivity index (χ0n) is 22.0. The Morgan fingerprint density at radius 3 is 2.35 bits per heavy atom. The number of rotatable bonds is 8. The number of piperidine rings is 1. The summed E-state index contributed by atoms with van der Waals surface area (Å²) < 4.78 is 13.3. The van der Waals surface area contributed by atoms with Gasteiger partial charge in [-0.25, -0.2) is 4.39 Å². The number of fused-ring (bicyclic) bond motifs is 1. The maximum atomic E-state index is 13.3. The lowest BCUT2D eigenvalue weighted by Gasteiger charge is -2.32. The molecule has 2 aliphatic heterocycles. The van der Waals surface area contributed by atoms with Gasteiger partial charge in [0.1, 0.15) is 5.82 Å². The molecule has 0 aliphatic carbocycles. The van der Waals surface area contributed by atoms with E-state index in [1.165, 1.54) is 23.3 Å². The number of carbonyl (C=O) groups excluding carboxylic acids is 2. The summed E-state index contributed by atoms with van der Waals surface area (Å²) in [7, 11) is 3.84. The first-order chi connectivity index (χ1) is 16.9. The third kappa shape index (κ3) is 9.06. The number of Topliss-reactive ketones (excluding diaryl/α,β-unsaturated/α-hetero) is 1. The minimum Gasteiger partial charge on any atom is -0.342 e. The number of ketones is 1. The molecule has 2 aromatic carbocycles. The zero-order chi connectivity index (χ0) is 24.8. The maximum absolute atomic E-state index is 13.3. The standard InChI is InChI=1S/C29H38FN3O2.2ClH/c1-31(2)21-29(35)33-16-13-22(14-17-33)7-12-28(34)25-9-8-24-4-3-15-32(20-26(24)18-25)19-23-5-10-27(30)11-6-23;;/h5-6,8-11,18,22H,3-4,7,12-17,19-21H2,1-2H3;2*1H. The number of nitrogens with zero attached hydrogens (tertiary/aromatic N) is 3. The Morgan fingerprint density at radius 2 is 1.68 bits per heavy atom. The highest BCUT2D eigenvalue weighted by atomic mass is 35.5.